The van der Waals surface area contributed by atoms with Crippen molar-refractivity contribution in [1.29, 1.82) is 0 Å². The third-order valence-electron chi connectivity index (χ3n) is 5.46. The van der Waals surface area contributed by atoms with Crippen LogP contribution in [0.25, 0.3) is 38.8 Å². The molecule has 0 unspecified atom stereocenters. The highest BCUT2D eigenvalue weighted by Gasteiger charge is 2.18. The summed E-state index contributed by atoms with van der Waals surface area (Å²) in [6, 6.07) is 13.7. The van der Waals surface area contributed by atoms with Gasteiger partial charge >= 0.3 is 5.69 Å². The molecule has 4 heterocycles. The molecule has 4 aromatic heterocycles. The summed E-state index contributed by atoms with van der Waals surface area (Å²) < 4.78 is 8.91. The molecule has 154 valence electrons. The van der Waals surface area contributed by atoms with Gasteiger partial charge in [-0.15, -0.1) is 0 Å². The lowest BCUT2D eigenvalue weighted by atomic mass is 10.0. The summed E-state index contributed by atoms with van der Waals surface area (Å²) in [5.74, 6) is 0.582. The SMILES string of the molecule is CCOc1cc(-c2ccc3ncc4c(c3c2)n(-c2cccnc2C)c(=O)n4C)ccn1. The molecule has 0 aliphatic carbocycles. The van der Waals surface area contributed by atoms with Crippen LogP contribution in [0.15, 0.2) is 65.8 Å². The Kier molecular flexibility index (Phi) is 4.51. The van der Waals surface area contributed by atoms with Gasteiger partial charge in [0.2, 0.25) is 5.88 Å². The molecule has 1 aromatic carbocycles. The van der Waals surface area contributed by atoms with Gasteiger partial charge in [-0.25, -0.2) is 9.78 Å². The summed E-state index contributed by atoms with van der Waals surface area (Å²) in [5, 5.41) is 0.894. The van der Waals surface area contributed by atoms with Crippen molar-refractivity contribution in [2.24, 2.45) is 7.05 Å². The molecule has 0 N–H and O–H groups in total. The molecule has 0 aliphatic heterocycles. The Balaban J connectivity index is 1.83. The van der Waals surface area contributed by atoms with Gasteiger partial charge in [-0.05, 0) is 55.3 Å². The fraction of sp³-hybridized carbons (Fsp3) is 0.167. The van der Waals surface area contributed by atoms with Crippen LogP contribution in [0.1, 0.15) is 12.6 Å². The van der Waals surface area contributed by atoms with Crippen LogP contribution in [-0.2, 0) is 7.05 Å². The Morgan fingerprint density at radius 2 is 1.84 bits per heavy atom. The number of hydrogen-bond acceptors (Lipinski definition) is 5. The summed E-state index contributed by atoms with van der Waals surface area (Å²) in [6.45, 7) is 4.39. The van der Waals surface area contributed by atoms with Crippen molar-refractivity contribution in [2.45, 2.75) is 13.8 Å². The standard InChI is InChI=1S/C24H21N5O2/c1-4-31-22-13-17(9-11-26-22)16-7-8-19-18(12-16)23-21(14-27-19)28(3)24(30)29(23)20-6-5-10-25-15(20)2/h5-14H,4H2,1-3H3. The van der Waals surface area contributed by atoms with Gasteiger partial charge in [0.25, 0.3) is 0 Å². The number of hydrogen-bond donors (Lipinski definition) is 0. The summed E-state index contributed by atoms with van der Waals surface area (Å²) >= 11 is 0. The number of nitrogens with zero attached hydrogens (tertiary/aromatic N) is 5. The van der Waals surface area contributed by atoms with Crippen LogP contribution in [0.3, 0.4) is 0 Å². The van der Waals surface area contributed by atoms with E-state index in [1.807, 2.05) is 50.2 Å². The maximum absolute atomic E-state index is 13.2. The molecule has 5 aromatic rings. The molecule has 0 fully saturated rings. The van der Waals surface area contributed by atoms with Gasteiger partial charge in [-0.3, -0.25) is 19.1 Å². The highest BCUT2D eigenvalue weighted by atomic mass is 16.5. The number of rotatable bonds is 4. The molecule has 0 bridgehead atoms. The lowest BCUT2D eigenvalue weighted by molar-refractivity contribution is 0.327. The highest BCUT2D eigenvalue weighted by Crippen LogP contribution is 2.30. The molecule has 0 amide bonds. The molecule has 0 saturated heterocycles. The fourth-order valence-corrected chi connectivity index (χ4v) is 3.93. The summed E-state index contributed by atoms with van der Waals surface area (Å²) in [7, 11) is 1.77. The minimum absolute atomic E-state index is 0.131. The molecule has 0 spiro atoms. The first-order chi connectivity index (χ1) is 15.1. The van der Waals surface area contributed by atoms with Crippen molar-refractivity contribution >= 4 is 21.9 Å². The van der Waals surface area contributed by atoms with Crippen molar-refractivity contribution < 1.29 is 4.74 Å². The predicted molar refractivity (Wildman–Crippen MR) is 121 cm³/mol. The fourth-order valence-electron chi connectivity index (χ4n) is 3.93. The number of aryl methyl sites for hydroxylation is 2. The molecule has 7 nitrogen and oxygen atoms in total. The van der Waals surface area contributed by atoms with Crippen molar-refractivity contribution in [3.8, 4) is 22.7 Å². The number of imidazole rings is 1. The average molecular weight is 411 g/mol. The largest absolute Gasteiger partial charge is 0.478 e. The van der Waals surface area contributed by atoms with E-state index in [-0.39, 0.29) is 5.69 Å². The van der Waals surface area contributed by atoms with E-state index in [0.717, 1.165) is 44.4 Å². The Morgan fingerprint density at radius 3 is 2.65 bits per heavy atom. The van der Waals surface area contributed by atoms with E-state index in [1.165, 1.54) is 0 Å². The van der Waals surface area contributed by atoms with Crippen molar-refractivity contribution in [3.63, 3.8) is 0 Å². The first-order valence-corrected chi connectivity index (χ1v) is 10.1. The van der Waals surface area contributed by atoms with E-state index in [1.54, 1.807) is 34.8 Å². The first kappa shape index (κ1) is 19.0. The van der Waals surface area contributed by atoms with Crippen molar-refractivity contribution in [3.05, 3.63) is 77.2 Å². The third kappa shape index (κ3) is 3.06. The van der Waals surface area contributed by atoms with Gasteiger partial charge in [0.15, 0.2) is 0 Å². The highest BCUT2D eigenvalue weighted by molar-refractivity contribution is 6.04. The second-order valence-corrected chi connectivity index (χ2v) is 7.32. The summed E-state index contributed by atoms with van der Waals surface area (Å²) in [4.78, 5) is 26.4. The lowest BCUT2D eigenvalue weighted by Gasteiger charge is -2.10. The van der Waals surface area contributed by atoms with Crippen molar-refractivity contribution in [1.82, 2.24) is 24.1 Å². The lowest BCUT2D eigenvalue weighted by Crippen LogP contribution is -2.21. The number of fused-ring (bicyclic) bond motifs is 3. The Bertz CT molecular complexity index is 1500. The minimum atomic E-state index is -0.131. The van der Waals surface area contributed by atoms with E-state index in [9.17, 15) is 4.79 Å². The smallest absolute Gasteiger partial charge is 0.333 e. The van der Waals surface area contributed by atoms with Gasteiger partial charge < -0.3 is 4.74 Å². The van der Waals surface area contributed by atoms with Crippen LogP contribution < -0.4 is 10.4 Å². The summed E-state index contributed by atoms with van der Waals surface area (Å²) in [6.07, 6.45) is 5.22. The molecular weight excluding hydrogens is 390 g/mol. The molecular formula is C24H21N5O2. The van der Waals surface area contributed by atoms with E-state index in [0.29, 0.717) is 12.5 Å². The number of pyridine rings is 3. The zero-order valence-electron chi connectivity index (χ0n) is 17.5. The minimum Gasteiger partial charge on any atom is -0.478 e. The van der Waals surface area contributed by atoms with Gasteiger partial charge in [-0.1, -0.05) is 6.07 Å². The topological polar surface area (TPSA) is 74.8 Å². The Hall–Kier alpha value is -4.00. The van der Waals surface area contributed by atoms with E-state index in [4.69, 9.17) is 4.74 Å². The third-order valence-corrected chi connectivity index (χ3v) is 5.46. The maximum atomic E-state index is 13.2. The Morgan fingerprint density at radius 1 is 1.00 bits per heavy atom. The van der Waals surface area contributed by atoms with Crippen LogP contribution in [0.2, 0.25) is 0 Å². The monoisotopic (exact) mass is 411 g/mol. The van der Waals surface area contributed by atoms with Gasteiger partial charge in [0, 0.05) is 30.9 Å². The van der Waals surface area contributed by atoms with Crippen LogP contribution >= 0.6 is 0 Å². The second kappa shape index (κ2) is 7.36. The van der Waals surface area contributed by atoms with E-state index < -0.39 is 0 Å². The zero-order valence-corrected chi connectivity index (χ0v) is 17.5. The first-order valence-electron chi connectivity index (χ1n) is 10.1. The maximum Gasteiger partial charge on any atom is 0.333 e. The average Bonchev–Trinajstić information content (AvgIpc) is 3.05. The molecule has 0 atom stereocenters. The van der Waals surface area contributed by atoms with Crippen molar-refractivity contribution in [2.75, 3.05) is 6.61 Å². The molecule has 31 heavy (non-hydrogen) atoms. The van der Waals surface area contributed by atoms with E-state index in [2.05, 4.69) is 21.0 Å². The zero-order chi connectivity index (χ0) is 21.5. The van der Waals surface area contributed by atoms with Crippen LogP contribution in [0.5, 0.6) is 5.88 Å². The second-order valence-electron chi connectivity index (χ2n) is 7.32. The predicted octanol–water partition coefficient (Wildman–Crippen LogP) is 4.04. The van der Waals surface area contributed by atoms with Gasteiger partial charge in [0.1, 0.15) is 0 Å². The normalized spacial score (nSPS) is 11.3. The van der Waals surface area contributed by atoms with Crippen LogP contribution in [-0.4, -0.2) is 30.7 Å². The number of ether oxygens (including phenoxy) is 1. The molecule has 7 heteroatoms. The number of benzene rings is 1. The Labute approximate surface area is 178 Å². The summed E-state index contributed by atoms with van der Waals surface area (Å²) in [5.41, 5.74) is 5.80. The number of aromatic nitrogens is 5. The molecule has 5 rings (SSSR count). The quantitative estimate of drug-likeness (QED) is 0.446. The van der Waals surface area contributed by atoms with Crippen LogP contribution in [0.4, 0.5) is 0 Å². The van der Waals surface area contributed by atoms with Crippen LogP contribution in [0, 0.1) is 6.92 Å². The van der Waals surface area contributed by atoms with Gasteiger partial charge in [0.05, 0.1) is 40.7 Å². The molecule has 0 aliphatic rings. The molecule has 0 radical (unpaired) electrons. The molecule has 0 saturated carbocycles. The van der Waals surface area contributed by atoms with E-state index >= 15 is 0 Å². The van der Waals surface area contributed by atoms with Gasteiger partial charge in [-0.2, -0.15) is 0 Å².